The predicted octanol–water partition coefficient (Wildman–Crippen LogP) is 2.99. The van der Waals surface area contributed by atoms with Crippen LogP contribution < -0.4 is 9.62 Å². The Morgan fingerprint density at radius 2 is 1.82 bits per heavy atom. The van der Waals surface area contributed by atoms with Crippen LogP contribution in [0.15, 0.2) is 53.4 Å². The highest BCUT2D eigenvalue weighted by molar-refractivity contribution is 7.98. The van der Waals surface area contributed by atoms with Gasteiger partial charge in [-0.1, -0.05) is 6.07 Å². The second-order valence-electron chi connectivity index (χ2n) is 5.82. The maximum atomic E-state index is 12.4. The molecule has 2 aromatic carbocycles. The molecule has 2 aromatic rings. The summed E-state index contributed by atoms with van der Waals surface area (Å²) >= 11 is 1.48. The number of ether oxygens (including phenoxy) is 1. The number of hydrogen-bond donors (Lipinski definition) is 1. The molecule has 0 aliphatic carbocycles. The summed E-state index contributed by atoms with van der Waals surface area (Å²) in [5, 5.41) is 2.64. The highest BCUT2D eigenvalue weighted by Gasteiger charge is 2.21. The Morgan fingerprint density at radius 1 is 1.14 bits per heavy atom. The molecule has 150 valence electrons. The zero-order valence-electron chi connectivity index (χ0n) is 15.8. The normalized spacial score (nSPS) is 11.0. The van der Waals surface area contributed by atoms with Crippen LogP contribution in [0.3, 0.4) is 0 Å². The summed E-state index contributed by atoms with van der Waals surface area (Å²) in [5.41, 5.74) is 1.23. The van der Waals surface area contributed by atoms with Gasteiger partial charge in [0.1, 0.15) is 6.54 Å². The molecule has 0 heterocycles. The summed E-state index contributed by atoms with van der Waals surface area (Å²) in [6.45, 7) is 1.63. The van der Waals surface area contributed by atoms with Crippen LogP contribution >= 0.6 is 11.8 Å². The van der Waals surface area contributed by atoms with Crippen molar-refractivity contribution < 1.29 is 22.7 Å². The van der Waals surface area contributed by atoms with Crippen LogP contribution in [0.5, 0.6) is 0 Å². The molecular formula is C19H22N2O5S2. The molecular weight excluding hydrogens is 400 g/mol. The largest absolute Gasteiger partial charge is 0.462 e. The second kappa shape index (κ2) is 9.61. The van der Waals surface area contributed by atoms with Crippen LogP contribution in [-0.2, 0) is 19.6 Å². The molecule has 0 saturated heterocycles. The maximum Gasteiger partial charge on any atom is 0.338 e. The van der Waals surface area contributed by atoms with Gasteiger partial charge in [0, 0.05) is 10.6 Å². The van der Waals surface area contributed by atoms with Gasteiger partial charge < -0.3 is 10.1 Å². The van der Waals surface area contributed by atoms with E-state index in [2.05, 4.69) is 5.32 Å². The first-order chi connectivity index (χ1) is 13.2. The van der Waals surface area contributed by atoms with Gasteiger partial charge in [0.25, 0.3) is 0 Å². The van der Waals surface area contributed by atoms with Crippen LogP contribution in [-0.4, -0.2) is 46.0 Å². The Bertz CT molecular complexity index is 943. The number of nitrogens with one attached hydrogen (secondary N) is 1. The number of nitrogens with zero attached hydrogens (tertiary/aromatic N) is 1. The van der Waals surface area contributed by atoms with E-state index in [-0.39, 0.29) is 13.2 Å². The summed E-state index contributed by atoms with van der Waals surface area (Å²) in [4.78, 5) is 25.0. The fourth-order valence-corrected chi connectivity index (χ4v) is 3.70. The van der Waals surface area contributed by atoms with Gasteiger partial charge in [-0.05, 0) is 55.6 Å². The molecule has 9 heteroatoms. The minimum absolute atomic E-state index is 0.274. The van der Waals surface area contributed by atoms with E-state index in [0.29, 0.717) is 16.9 Å². The molecule has 28 heavy (non-hydrogen) atoms. The average molecular weight is 423 g/mol. The summed E-state index contributed by atoms with van der Waals surface area (Å²) in [5.74, 6) is -0.943. The van der Waals surface area contributed by atoms with Crippen molar-refractivity contribution in [1.29, 1.82) is 0 Å². The van der Waals surface area contributed by atoms with Crippen LogP contribution in [0.25, 0.3) is 0 Å². The molecule has 1 N–H and O–H groups in total. The van der Waals surface area contributed by atoms with Gasteiger partial charge in [-0.2, -0.15) is 0 Å². The molecule has 0 fully saturated rings. The Labute approximate surface area is 169 Å². The summed E-state index contributed by atoms with van der Waals surface area (Å²) in [6, 6.07) is 13.1. The molecule has 2 rings (SSSR count). The lowest BCUT2D eigenvalue weighted by molar-refractivity contribution is -0.114. The number of rotatable bonds is 8. The maximum absolute atomic E-state index is 12.4. The molecule has 0 aromatic heterocycles. The van der Waals surface area contributed by atoms with Crippen LogP contribution in [0.1, 0.15) is 17.3 Å². The third-order valence-electron chi connectivity index (χ3n) is 3.71. The SMILES string of the molecule is CCOC(=O)c1ccc(NC(=O)CN(c2cccc(SC)c2)S(C)(=O)=O)cc1. The van der Waals surface area contributed by atoms with Crippen LogP contribution in [0, 0.1) is 0 Å². The summed E-state index contributed by atoms with van der Waals surface area (Å²) in [6.07, 6.45) is 2.94. The fraction of sp³-hybridized carbons (Fsp3) is 0.263. The number of sulfonamides is 1. The van der Waals surface area contributed by atoms with E-state index in [9.17, 15) is 18.0 Å². The molecule has 0 spiro atoms. The molecule has 0 bridgehead atoms. The average Bonchev–Trinajstić information content (AvgIpc) is 2.66. The highest BCUT2D eigenvalue weighted by atomic mass is 32.2. The van der Waals surface area contributed by atoms with Gasteiger partial charge >= 0.3 is 5.97 Å². The van der Waals surface area contributed by atoms with E-state index in [1.807, 2.05) is 12.3 Å². The number of hydrogen-bond acceptors (Lipinski definition) is 6. The number of benzene rings is 2. The van der Waals surface area contributed by atoms with Crippen molar-refractivity contribution in [3.8, 4) is 0 Å². The molecule has 0 unspecified atom stereocenters. The van der Waals surface area contributed by atoms with Crippen molar-refractivity contribution in [2.24, 2.45) is 0 Å². The first-order valence-corrected chi connectivity index (χ1v) is 11.5. The van der Waals surface area contributed by atoms with Crippen molar-refractivity contribution in [1.82, 2.24) is 0 Å². The van der Waals surface area contributed by atoms with Crippen LogP contribution in [0.2, 0.25) is 0 Å². The minimum Gasteiger partial charge on any atom is -0.462 e. The Morgan fingerprint density at radius 3 is 2.39 bits per heavy atom. The van der Waals surface area contributed by atoms with Gasteiger partial charge in [0.2, 0.25) is 15.9 Å². The van der Waals surface area contributed by atoms with Crippen molar-refractivity contribution in [3.63, 3.8) is 0 Å². The minimum atomic E-state index is -3.65. The van der Waals surface area contributed by atoms with Gasteiger partial charge in [-0.25, -0.2) is 13.2 Å². The van der Waals surface area contributed by atoms with E-state index in [1.54, 1.807) is 37.3 Å². The van der Waals surface area contributed by atoms with E-state index in [1.165, 1.54) is 23.9 Å². The van der Waals surface area contributed by atoms with E-state index in [4.69, 9.17) is 4.74 Å². The van der Waals surface area contributed by atoms with Crippen molar-refractivity contribution >= 4 is 45.0 Å². The number of carbonyl (C=O) groups is 2. The smallest absolute Gasteiger partial charge is 0.338 e. The fourth-order valence-electron chi connectivity index (χ4n) is 2.40. The lowest BCUT2D eigenvalue weighted by Crippen LogP contribution is -2.37. The number of amides is 1. The van der Waals surface area contributed by atoms with Crippen molar-refractivity contribution in [2.75, 3.05) is 35.3 Å². The molecule has 7 nitrogen and oxygen atoms in total. The molecule has 0 aliphatic rings. The Hall–Kier alpha value is -2.52. The third-order valence-corrected chi connectivity index (χ3v) is 5.57. The zero-order valence-corrected chi connectivity index (χ0v) is 17.5. The lowest BCUT2D eigenvalue weighted by Gasteiger charge is -2.22. The summed E-state index contributed by atoms with van der Waals surface area (Å²) in [7, 11) is -3.65. The standard InChI is InChI=1S/C19H22N2O5S2/c1-4-26-19(23)14-8-10-15(11-9-14)20-18(22)13-21(28(3,24)25)16-6-5-7-17(12-16)27-2/h5-12H,4,13H2,1-3H3,(H,20,22). The van der Waals surface area contributed by atoms with Crippen LogP contribution in [0.4, 0.5) is 11.4 Å². The quantitative estimate of drug-likeness (QED) is 0.519. The third kappa shape index (κ3) is 6.00. The van der Waals surface area contributed by atoms with E-state index in [0.717, 1.165) is 15.5 Å². The number of esters is 1. The Kier molecular flexibility index (Phi) is 7.47. The topological polar surface area (TPSA) is 92.8 Å². The van der Waals surface area contributed by atoms with Gasteiger partial charge in [0.05, 0.1) is 24.1 Å². The molecule has 0 aliphatic heterocycles. The first-order valence-electron chi connectivity index (χ1n) is 8.43. The van der Waals surface area contributed by atoms with Crippen molar-refractivity contribution in [2.45, 2.75) is 11.8 Å². The monoisotopic (exact) mass is 422 g/mol. The zero-order chi connectivity index (χ0) is 20.7. The highest BCUT2D eigenvalue weighted by Crippen LogP contribution is 2.24. The van der Waals surface area contributed by atoms with Gasteiger partial charge in [0.15, 0.2) is 0 Å². The molecule has 0 atom stereocenters. The molecule has 1 amide bonds. The lowest BCUT2D eigenvalue weighted by atomic mass is 10.2. The van der Waals surface area contributed by atoms with E-state index < -0.39 is 21.9 Å². The second-order valence-corrected chi connectivity index (χ2v) is 8.60. The Balaban J connectivity index is 2.13. The summed E-state index contributed by atoms with van der Waals surface area (Å²) < 4.78 is 30.3. The van der Waals surface area contributed by atoms with E-state index >= 15 is 0 Å². The predicted molar refractivity (Wildman–Crippen MR) is 111 cm³/mol. The first kappa shape index (κ1) is 21.8. The number of carbonyl (C=O) groups excluding carboxylic acids is 2. The number of thioether (sulfide) groups is 1. The van der Waals surface area contributed by atoms with Gasteiger partial charge in [-0.3, -0.25) is 9.10 Å². The van der Waals surface area contributed by atoms with Gasteiger partial charge in [-0.15, -0.1) is 11.8 Å². The number of anilines is 2. The van der Waals surface area contributed by atoms with Crippen molar-refractivity contribution in [3.05, 3.63) is 54.1 Å². The molecule has 0 saturated carbocycles. The molecule has 0 radical (unpaired) electrons.